The van der Waals surface area contributed by atoms with Gasteiger partial charge in [0.15, 0.2) is 0 Å². The van der Waals surface area contributed by atoms with Gasteiger partial charge < -0.3 is 10.2 Å². The lowest BCUT2D eigenvalue weighted by atomic mass is 10.0. The Morgan fingerprint density at radius 1 is 1.04 bits per heavy atom. The number of anilines is 2. The molecule has 0 spiro atoms. The van der Waals surface area contributed by atoms with Crippen LogP contribution in [-0.2, 0) is 16.0 Å². The van der Waals surface area contributed by atoms with Crippen molar-refractivity contribution in [1.82, 2.24) is 0 Å². The summed E-state index contributed by atoms with van der Waals surface area (Å²) >= 11 is 0. The van der Waals surface area contributed by atoms with Crippen molar-refractivity contribution < 1.29 is 9.59 Å². The Bertz CT molecular complexity index is 763. The zero-order chi connectivity index (χ0) is 17.1. The SMILES string of the molecule is Cc1cccc(C)c1NC(=O)CC(=O)N1CCCc2ccccc21. The van der Waals surface area contributed by atoms with Gasteiger partial charge in [-0.25, -0.2) is 0 Å². The number of para-hydroxylation sites is 2. The fraction of sp³-hybridized carbons (Fsp3) is 0.300. The van der Waals surface area contributed by atoms with E-state index in [-0.39, 0.29) is 18.2 Å². The molecule has 2 amide bonds. The summed E-state index contributed by atoms with van der Waals surface area (Å²) in [6.07, 6.45) is 1.78. The molecule has 124 valence electrons. The van der Waals surface area contributed by atoms with Crippen LogP contribution < -0.4 is 10.2 Å². The molecule has 0 saturated carbocycles. The molecule has 1 N–H and O–H groups in total. The molecule has 1 heterocycles. The zero-order valence-electron chi connectivity index (χ0n) is 14.1. The van der Waals surface area contributed by atoms with E-state index >= 15 is 0 Å². The van der Waals surface area contributed by atoms with Crippen LogP contribution in [0, 0.1) is 13.8 Å². The van der Waals surface area contributed by atoms with Crippen LogP contribution in [0.4, 0.5) is 11.4 Å². The van der Waals surface area contributed by atoms with E-state index in [0.717, 1.165) is 35.3 Å². The van der Waals surface area contributed by atoms with Crippen LogP contribution in [-0.4, -0.2) is 18.4 Å². The predicted molar refractivity (Wildman–Crippen MR) is 96.3 cm³/mol. The van der Waals surface area contributed by atoms with Crippen molar-refractivity contribution in [1.29, 1.82) is 0 Å². The van der Waals surface area contributed by atoms with Gasteiger partial charge in [-0.05, 0) is 49.4 Å². The first kappa shape index (κ1) is 16.2. The van der Waals surface area contributed by atoms with E-state index in [1.807, 2.05) is 56.3 Å². The molecule has 0 atom stereocenters. The van der Waals surface area contributed by atoms with Crippen molar-refractivity contribution in [3.8, 4) is 0 Å². The van der Waals surface area contributed by atoms with Crippen molar-refractivity contribution in [2.24, 2.45) is 0 Å². The number of carbonyl (C=O) groups is 2. The van der Waals surface area contributed by atoms with Crippen LogP contribution in [0.15, 0.2) is 42.5 Å². The minimum atomic E-state index is -0.263. The Morgan fingerprint density at radius 2 is 1.75 bits per heavy atom. The van der Waals surface area contributed by atoms with Gasteiger partial charge in [0, 0.05) is 17.9 Å². The summed E-state index contributed by atoms with van der Waals surface area (Å²) in [5, 5.41) is 2.89. The van der Waals surface area contributed by atoms with Crippen molar-refractivity contribution in [2.75, 3.05) is 16.8 Å². The lowest BCUT2D eigenvalue weighted by Crippen LogP contribution is -2.37. The molecule has 4 nitrogen and oxygen atoms in total. The van der Waals surface area contributed by atoms with E-state index in [4.69, 9.17) is 0 Å². The number of hydrogen-bond acceptors (Lipinski definition) is 2. The molecule has 0 aromatic heterocycles. The van der Waals surface area contributed by atoms with Crippen molar-refractivity contribution in [3.63, 3.8) is 0 Å². The second kappa shape index (κ2) is 6.87. The average molecular weight is 322 g/mol. The molecule has 0 bridgehead atoms. The highest BCUT2D eigenvalue weighted by molar-refractivity contribution is 6.09. The molecule has 1 aliphatic heterocycles. The number of fused-ring (bicyclic) bond motifs is 1. The minimum absolute atomic E-state index is 0.137. The Balaban J connectivity index is 1.71. The first-order chi connectivity index (χ1) is 11.6. The van der Waals surface area contributed by atoms with E-state index < -0.39 is 0 Å². The maximum absolute atomic E-state index is 12.6. The predicted octanol–water partition coefficient (Wildman–Crippen LogP) is 3.61. The molecule has 0 saturated heterocycles. The summed E-state index contributed by atoms with van der Waals surface area (Å²) in [5.41, 5.74) is 4.91. The van der Waals surface area contributed by atoms with Crippen molar-refractivity contribution in [2.45, 2.75) is 33.1 Å². The lowest BCUT2D eigenvalue weighted by molar-refractivity contribution is -0.125. The molecule has 0 unspecified atom stereocenters. The smallest absolute Gasteiger partial charge is 0.236 e. The number of carbonyl (C=O) groups excluding carboxylic acids is 2. The second-order valence-corrected chi connectivity index (χ2v) is 6.27. The zero-order valence-corrected chi connectivity index (χ0v) is 14.1. The summed E-state index contributed by atoms with van der Waals surface area (Å²) in [4.78, 5) is 26.7. The summed E-state index contributed by atoms with van der Waals surface area (Å²) in [7, 11) is 0. The number of nitrogens with zero attached hydrogens (tertiary/aromatic N) is 1. The van der Waals surface area contributed by atoms with Crippen LogP contribution >= 0.6 is 0 Å². The molecule has 2 aromatic carbocycles. The van der Waals surface area contributed by atoms with Gasteiger partial charge in [0.25, 0.3) is 0 Å². The summed E-state index contributed by atoms with van der Waals surface area (Å²) in [6.45, 7) is 4.57. The summed E-state index contributed by atoms with van der Waals surface area (Å²) in [6, 6.07) is 13.8. The highest BCUT2D eigenvalue weighted by Gasteiger charge is 2.24. The van der Waals surface area contributed by atoms with Crippen LogP contribution in [0.5, 0.6) is 0 Å². The third-order valence-electron chi connectivity index (χ3n) is 4.47. The Morgan fingerprint density at radius 3 is 2.50 bits per heavy atom. The lowest BCUT2D eigenvalue weighted by Gasteiger charge is -2.29. The van der Waals surface area contributed by atoms with Crippen molar-refractivity contribution in [3.05, 3.63) is 59.2 Å². The highest BCUT2D eigenvalue weighted by Crippen LogP contribution is 2.27. The van der Waals surface area contributed by atoms with Gasteiger partial charge in [-0.15, -0.1) is 0 Å². The second-order valence-electron chi connectivity index (χ2n) is 6.27. The number of amides is 2. The molecule has 0 aliphatic carbocycles. The number of hydrogen-bond donors (Lipinski definition) is 1. The van der Waals surface area contributed by atoms with E-state index in [1.165, 1.54) is 5.56 Å². The quantitative estimate of drug-likeness (QED) is 0.878. The largest absolute Gasteiger partial charge is 0.325 e. The van der Waals surface area contributed by atoms with E-state index in [2.05, 4.69) is 5.32 Å². The molecule has 2 aromatic rings. The number of rotatable bonds is 3. The third kappa shape index (κ3) is 3.32. The Labute approximate surface area is 142 Å². The Kier molecular flexibility index (Phi) is 4.65. The molecule has 24 heavy (non-hydrogen) atoms. The highest BCUT2D eigenvalue weighted by atomic mass is 16.2. The third-order valence-corrected chi connectivity index (χ3v) is 4.47. The maximum atomic E-state index is 12.6. The maximum Gasteiger partial charge on any atom is 0.236 e. The molecule has 0 fully saturated rings. The topological polar surface area (TPSA) is 49.4 Å². The normalized spacial score (nSPS) is 13.3. The Hall–Kier alpha value is -2.62. The monoisotopic (exact) mass is 322 g/mol. The van der Waals surface area contributed by atoms with Crippen LogP contribution in [0.1, 0.15) is 29.5 Å². The molecule has 1 aliphatic rings. The number of aryl methyl sites for hydroxylation is 3. The number of benzene rings is 2. The first-order valence-electron chi connectivity index (χ1n) is 8.30. The van der Waals surface area contributed by atoms with Gasteiger partial charge in [-0.3, -0.25) is 9.59 Å². The van der Waals surface area contributed by atoms with Gasteiger partial charge >= 0.3 is 0 Å². The van der Waals surface area contributed by atoms with Gasteiger partial charge in [0.2, 0.25) is 11.8 Å². The number of nitrogens with one attached hydrogen (secondary N) is 1. The van der Waals surface area contributed by atoms with Gasteiger partial charge in [-0.2, -0.15) is 0 Å². The van der Waals surface area contributed by atoms with E-state index in [1.54, 1.807) is 4.90 Å². The molecular weight excluding hydrogens is 300 g/mol. The van der Waals surface area contributed by atoms with E-state index in [0.29, 0.717) is 6.54 Å². The van der Waals surface area contributed by atoms with Gasteiger partial charge in [-0.1, -0.05) is 36.4 Å². The molecule has 0 radical (unpaired) electrons. The fourth-order valence-electron chi connectivity index (χ4n) is 3.22. The fourth-order valence-corrected chi connectivity index (χ4v) is 3.22. The standard InChI is InChI=1S/C20H22N2O2/c1-14-7-5-8-15(2)20(14)21-18(23)13-19(24)22-12-6-10-16-9-3-4-11-17(16)22/h3-5,7-9,11H,6,10,12-13H2,1-2H3,(H,21,23). The molecule has 4 heteroatoms. The van der Waals surface area contributed by atoms with Gasteiger partial charge in [0.05, 0.1) is 0 Å². The minimum Gasteiger partial charge on any atom is -0.325 e. The van der Waals surface area contributed by atoms with Gasteiger partial charge in [0.1, 0.15) is 6.42 Å². The first-order valence-corrected chi connectivity index (χ1v) is 8.30. The van der Waals surface area contributed by atoms with Crippen LogP contribution in [0.25, 0.3) is 0 Å². The molecular formula is C20H22N2O2. The molecule has 3 rings (SSSR count). The van der Waals surface area contributed by atoms with Crippen LogP contribution in [0.3, 0.4) is 0 Å². The van der Waals surface area contributed by atoms with E-state index in [9.17, 15) is 9.59 Å². The van der Waals surface area contributed by atoms with Crippen LogP contribution in [0.2, 0.25) is 0 Å². The average Bonchev–Trinajstić information content (AvgIpc) is 2.57. The summed E-state index contributed by atoms with van der Waals surface area (Å²) in [5.74, 6) is -0.411. The van der Waals surface area contributed by atoms with Crippen molar-refractivity contribution >= 4 is 23.2 Å². The summed E-state index contributed by atoms with van der Waals surface area (Å²) < 4.78 is 0.